The molecular formula is C27H34ClN3O4. The zero-order valence-corrected chi connectivity index (χ0v) is 21.2. The Bertz CT molecular complexity index is 1060. The number of imidazole rings is 1. The van der Waals surface area contributed by atoms with Crippen molar-refractivity contribution in [1.29, 1.82) is 0 Å². The van der Waals surface area contributed by atoms with Crippen LogP contribution in [0.3, 0.4) is 0 Å². The second-order valence-corrected chi connectivity index (χ2v) is 9.79. The van der Waals surface area contributed by atoms with Crippen LogP contribution < -0.4 is 9.47 Å². The largest absolute Gasteiger partial charge is 0.492 e. The van der Waals surface area contributed by atoms with Crippen LogP contribution in [0.1, 0.15) is 31.2 Å². The highest BCUT2D eigenvalue weighted by molar-refractivity contribution is 6.30. The molecule has 0 amide bonds. The van der Waals surface area contributed by atoms with Crippen LogP contribution in [-0.2, 0) is 17.8 Å². The molecule has 1 aliphatic heterocycles. The maximum absolute atomic E-state index is 11.1. The van der Waals surface area contributed by atoms with Gasteiger partial charge in [-0.1, -0.05) is 37.6 Å². The van der Waals surface area contributed by atoms with Crippen LogP contribution in [0.5, 0.6) is 11.5 Å². The van der Waals surface area contributed by atoms with E-state index in [0.717, 1.165) is 30.2 Å². The first-order valence-corrected chi connectivity index (χ1v) is 12.4. The van der Waals surface area contributed by atoms with E-state index in [1.807, 2.05) is 24.5 Å². The van der Waals surface area contributed by atoms with Gasteiger partial charge < -0.3 is 23.9 Å². The maximum atomic E-state index is 11.1. The summed E-state index contributed by atoms with van der Waals surface area (Å²) in [6.45, 7) is 8.49. The van der Waals surface area contributed by atoms with Gasteiger partial charge in [-0.05, 0) is 42.0 Å². The fraction of sp³-hybridized carbons (Fsp3) is 0.444. The van der Waals surface area contributed by atoms with Crippen LogP contribution in [0, 0.1) is 0 Å². The van der Waals surface area contributed by atoms with E-state index in [1.54, 1.807) is 24.3 Å². The number of aliphatic hydroxyl groups is 1. The van der Waals surface area contributed by atoms with Gasteiger partial charge in [0, 0.05) is 43.0 Å². The Kier molecular flexibility index (Phi) is 8.68. The lowest BCUT2D eigenvalue weighted by atomic mass is 10.1. The van der Waals surface area contributed by atoms with Gasteiger partial charge in [-0.15, -0.1) is 0 Å². The summed E-state index contributed by atoms with van der Waals surface area (Å²) in [5.41, 5.74) is 0.0540. The SMILES string of the molecule is CC(C)c1nccn1CCOc1ccc(CN2CCOC[C@](O)(COc3ccc(Cl)cc3)C2)cc1. The fourth-order valence-electron chi connectivity index (χ4n) is 4.19. The minimum absolute atomic E-state index is 0.146. The van der Waals surface area contributed by atoms with Crippen LogP contribution >= 0.6 is 11.6 Å². The summed E-state index contributed by atoms with van der Waals surface area (Å²) in [6, 6.07) is 15.3. The third-order valence-electron chi connectivity index (χ3n) is 5.96. The molecule has 1 aromatic heterocycles. The number of hydrogen-bond acceptors (Lipinski definition) is 6. The molecule has 35 heavy (non-hydrogen) atoms. The van der Waals surface area contributed by atoms with Gasteiger partial charge in [0.2, 0.25) is 0 Å². The highest BCUT2D eigenvalue weighted by atomic mass is 35.5. The van der Waals surface area contributed by atoms with Crippen molar-refractivity contribution in [2.75, 3.05) is 39.5 Å². The Hall–Kier alpha value is -2.58. The van der Waals surface area contributed by atoms with Gasteiger partial charge in [0.15, 0.2) is 0 Å². The number of rotatable bonds is 10. The van der Waals surface area contributed by atoms with Crippen molar-refractivity contribution in [2.45, 2.75) is 38.5 Å². The van der Waals surface area contributed by atoms with E-state index in [1.165, 1.54) is 0 Å². The van der Waals surface area contributed by atoms with Crippen molar-refractivity contribution in [2.24, 2.45) is 0 Å². The van der Waals surface area contributed by atoms with E-state index in [4.69, 9.17) is 25.8 Å². The molecule has 1 fully saturated rings. The molecule has 3 aromatic rings. The Morgan fingerprint density at radius 2 is 1.80 bits per heavy atom. The average Bonchev–Trinajstić information content (AvgIpc) is 3.24. The molecule has 2 aromatic carbocycles. The van der Waals surface area contributed by atoms with E-state index >= 15 is 0 Å². The van der Waals surface area contributed by atoms with Gasteiger partial charge in [-0.3, -0.25) is 4.90 Å². The predicted molar refractivity (Wildman–Crippen MR) is 136 cm³/mol. The first kappa shape index (κ1) is 25.5. The topological polar surface area (TPSA) is 69.0 Å². The maximum Gasteiger partial charge on any atom is 0.134 e. The first-order chi connectivity index (χ1) is 16.9. The number of β-amino-alcohol motifs (C(OH)–C–C–N with tert-alkyl or cyclic N) is 1. The monoisotopic (exact) mass is 499 g/mol. The smallest absolute Gasteiger partial charge is 0.134 e. The molecule has 188 valence electrons. The van der Waals surface area contributed by atoms with E-state index in [0.29, 0.717) is 43.0 Å². The highest BCUT2D eigenvalue weighted by Gasteiger charge is 2.33. The lowest BCUT2D eigenvalue weighted by Crippen LogP contribution is -2.48. The van der Waals surface area contributed by atoms with E-state index in [-0.39, 0.29) is 13.2 Å². The summed E-state index contributed by atoms with van der Waals surface area (Å²) in [4.78, 5) is 6.61. The van der Waals surface area contributed by atoms with E-state index in [9.17, 15) is 5.11 Å². The molecule has 0 unspecified atom stereocenters. The van der Waals surface area contributed by atoms with Crippen molar-refractivity contribution in [3.05, 3.63) is 77.3 Å². The van der Waals surface area contributed by atoms with E-state index < -0.39 is 5.60 Å². The summed E-state index contributed by atoms with van der Waals surface area (Å²) < 4.78 is 19.6. The molecule has 0 bridgehead atoms. The van der Waals surface area contributed by atoms with Crippen molar-refractivity contribution in [3.8, 4) is 11.5 Å². The summed E-state index contributed by atoms with van der Waals surface area (Å²) >= 11 is 5.93. The van der Waals surface area contributed by atoms with E-state index in [2.05, 4.69) is 40.4 Å². The minimum Gasteiger partial charge on any atom is -0.492 e. The predicted octanol–water partition coefficient (Wildman–Crippen LogP) is 4.38. The van der Waals surface area contributed by atoms with Gasteiger partial charge in [0.1, 0.15) is 36.1 Å². The van der Waals surface area contributed by atoms with Gasteiger partial charge in [0.05, 0.1) is 19.8 Å². The summed E-state index contributed by atoms with van der Waals surface area (Å²) in [5, 5.41) is 11.8. The molecular weight excluding hydrogens is 466 g/mol. The molecule has 1 aliphatic rings. The molecule has 4 rings (SSSR count). The molecule has 8 heteroatoms. The molecule has 7 nitrogen and oxygen atoms in total. The Balaban J connectivity index is 1.27. The molecule has 0 radical (unpaired) electrons. The molecule has 0 saturated carbocycles. The Morgan fingerprint density at radius 3 is 2.54 bits per heavy atom. The number of ether oxygens (including phenoxy) is 3. The molecule has 0 spiro atoms. The second kappa shape index (κ2) is 11.9. The quantitative estimate of drug-likeness (QED) is 0.446. The molecule has 1 saturated heterocycles. The van der Waals surface area contributed by atoms with Crippen molar-refractivity contribution >= 4 is 11.6 Å². The van der Waals surface area contributed by atoms with Crippen molar-refractivity contribution in [1.82, 2.24) is 14.5 Å². The highest BCUT2D eigenvalue weighted by Crippen LogP contribution is 2.21. The molecule has 1 N–H and O–H groups in total. The van der Waals surface area contributed by atoms with Crippen molar-refractivity contribution in [3.63, 3.8) is 0 Å². The second-order valence-electron chi connectivity index (χ2n) is 9.36. The molecule has 2 heterocycles. The first-order valence-electron chi connectivity index (χ1n) is 12.0. The van der Waals surface area contributed by atoms with Gasteiger partial charge in [-0.25, -0.2) is 4.98 Å². The number of benzene rings is 2. The number of aromatic nitrogens is 2. The Labute approximate surface area is 212 Å². The lowest BCUT2D eigenvalue weighted by Gasteiger charge is -2.30. The van der Waals surface area contributed by atoms with Crippen molar-refractivity contribution < 1.29 is 19.3 Å². The van der Waals surface area contributed by atoms with Crippen LogP contribution in [-0.4, -0.2) is 64.7 Å². The standard InChI is InChI=1S/C27H34ClN3O4/c1-21(2)26-29-11-12-31(26)14-16-34-24-7-3-22(4-8-24)17-30-13-15-33-19-27(32,18-30)20-35-25-9-5-23(28)6-10-25/h3-12,21,32H,13-20H2,1-2H3/t27-/m0/s1. The normalized spacial score (nSPS) is 19.0. The summed E-state index contributed by atoms with van der Waals surface area (Å²) in [6.07, 6.45) is 3.83. The third-order valence-corrected chi connectivity index (χ3v) is 6.21. The van der Waals surface area contributed by atoms with Crippen LogP contribution in [0.4, 0.5) is 0 Å². The van der Waals surface area contributed by atoms with Gasteiger partial charge in [0.25, 0.3) is 0 Å². The summed E-state index contributed by atoms with van der Waals surface area (Å²) in [5.74, 6) is 2.97. The number of halogens is 1. The molecule has 0 aliphatic carbocycles. The number of hydrogen-bond donors (Lipinski definition) is 1. The summed E-state index contributed by atoms with van der Waals surface area (Å²) in [7, 11) is 0. The number of nitrogens with zero attached hydrogens (tertiary/aromatic N) is 3. The van der Waals surface area contributed by atoms with Crippen LogP contribution in [0.2, 0.25) is 5.02 Å². The Morgan fingerprint density at radius 1 is 1.09 bits per heavy atom. The van der Waals surface area contributed by atoms with Gasteiger partial charge >= 0.3 is 0 Å². The van der Waals surface area contributed by atoms with Crippen LogP contribution in [0.15, 0.2) is 60.9 Å². The zero-order chi connectivity index (χ0) is 24.7. The lowest BCUT2D eigenvalue weighted by molar-refractivity contribution is -0.0646. The van der Waals surface area contributed by atoms with Gasteiger partial charge in [-0.2, -0.15) is 0 Å². The van der Waals surface area contributed by atoms with Crippen LogP contribution in [0.25, 0.3) is 0 Å². The minimum atomic E-state index is -1.10. The zero-order valence-electron chi connectivity index (χ0n) is 20.4. The molecule has 1 atom stereocenters. The average molecular weight is 500 g/mol. The fourth-order valence-corrected chi connectivity index (χ4v) is 4.32. The third kappa shape index (κ3) is 7.45.